The Morgan fingerprint density at radius 1 is 0.929 bits per heavy atom. The summed E-state index contributed by atoms with van der Waals surface area (Å²) in [7, 11) is 0. The largest absolute Gasteiger partial charge is 0.322 e. The third-order valence-electron chi connectivity index (χ3n) is 4.41. The van der Waals surface area contributed by atoms with Crippen LogP contribution in [-0.2, 0) is 0 Å². The molecule has 1 heterocycles. The molecule has 0 saturated carbocycles. The summed E-state index contributed by atoms with van der Waals surface area (Å²) in [5, 5.41) is 12.7. The van der Waals surface area contributed by atoms with Gasteiger partial charge in [0.15, 0.2) is 0 Å². The van der Waals surface area contributed by atoms with E-state index in [1.54, 1.807) is 29.1 Å². The van der Waals surface area contributed by atoms with Crippen LogP contribution in [0.4, 0.5) is 5.69 Å². The Morgan fingerprint density at radius 3 is 2.32 bits per heavy atom. The van der Waals surface area contributed by atoms with Gasteiger partial charge in [-0.05, 0) is 61.9 Å². The fraction of sp³-hybridized carbons (Fsp3) is 0.0952. The van der Waals surface area contributed by atoms with E-state index in [4.69, 9.17) is 23.2 Å². The van der Waals surface area contributed by atoms with Crippen molar-refractivity contribution in [3.8, 4) is 5.69 Å². The highest BCUT2D eigenvalue weighted by Crippen LogP contribution is 2.25. The molecule has 0 aliphatic carbocycles. The van der Waals surface area contributed by atoms with Crippen LogP contribution in [-0.4, -0.2) is 20.9 Å². The van der Waals surface area contributed by atoms with Gasteiger partial charge < -0.3 is 5.32 Å². The molecular formula is C21H16Cl2N4O. The average Bonchev–Trinajstić information content (AvgIpc) is 3.07. The number of nitrogens with one attached hydrogen (secondary N) is 1. The topological polar surface area (TPSA) is 59.8 Å². The van der Waals surface area contributed by atoms with Crippen molar-refractivity contribution in [3.05, 3.63) is 81.3 Å². The quantitative estimate of drug-likeness (QED) is 0.478. The molecule has 28 heavy (non-hydrogen) atoms. The molecule has 140 valence electrons. The second-order valence-corrected chi connectivity index (χ2v) is 7.40. The van der Waals surface area contributed by atoms with Gasteiger partial charge in [0.05, 0.1) is 16.3 Å². The molecule has 7 heteroatoms. The van der Waals surface area contributed by atoms with Gasteiger partial charge in [0.2, 0.25) is 0 Å². The van der Waals surface area contributed by atoms with Crippen molar-refractivity contribution in [2.75, 3.05) is 5.32 Å². The number of fused-ring (bicyclic) bond motifs is 1. The Balaban J connectivity index is 1.68. The molecule has 1 N–H and O–H groups in total. The first-order valence-corrected chi connectivity index (χ1v) is 9.37. The minimum absolute atomic E-state index is 0.317. The van der Waals surface area contributed by atoms with Gasteiger partial charge in [0, 0.05) is 10.7 Å². The highest BCUT2D eigenvalue weighted by atomic mass is 35.5. The summed E-state index contributed by atoms with van der Waals surface area (Å²) >= 11 is 12.1. The van der Waals surface area contributed by atoms with Crippen LogP contribution in [0.25, 0.3) is 16.7 Å². The number of anilines is 1. The van der Waals surface area contributed by atoms with E-state index in [-0.39, 0.29) is 5.91 Å². The highest BCUT2D eigenvalue weighted by Gasteiger charge is 2.14. The number of carbonyl (C=O) groups is 1. The fourth-order valence-electron chi connectivity index (χ4n) is 2.86. The number of aryl methyl sites for hydroxylation is 2. The molecule has 0 fully saturated rings. The van der Waals surface area contributed by atoms with Crippen molar-refractivity contribution < 1.29 is 4.79 Å². The lowest BCUT2D eigenvalue weighted by Gasteiger charge is -2.09. The van der Waals surface area contributed by atoms with E-state index in [2.05, 4.69) is 15.5 Å². The summed E-state index contributed by atoms with van der Waals surface area (Å²) in [4.78, 5) is 14.2. The Kier molecular flexibility index (Phi) is 4.79. The first-order valence-electron chi connectivity index (χ1n) is 8.62. The molecule has 4 aromatic rings. The Labute approximate surface area is 171 Å². The Morgan fingerprint density at radius 2 is 1.61 bits per heavy atom. The molecule has 0 aliphatic heterocycles. The molecule has 0 aliphatic rings. The third-order valence-corrected chi connectivity index (χ3v) is 4.98. The zero-order valence-corrected chi connectivity index (χ0v) is 16.7. The van der Waals surface area contributed by atoms with Gasteiger partial charge in [0.1, 0.15) is 11.0 Å². The van der Waals surface area contributed by atoms with Crippen molar-refractivity contribution in [1.29, 1.82) is 0 Å². The predicted molar refractivity (Wildman–Crippen MR) is 113 cm³/mol. The molecule has 3 aromatic carbocycles. The van der Waals surface area contributed by atoms with Crippen LogP contribution in [0, 0.1) is 13.8 Å². The lowest BCUT2D eigenvalue weighted by molar-refractivity contribution is 0.102. The van der Waals surface area contributed by atoms with Gasteiger partial charge in [0.25, 0.3) is 5.91 Å². The first-order chi connectivity index (χ1) is 13.4. The van der Waals surface area contributed by atoms with Gasteiger partial charge in [-0.15, -0.1) is 10.2 Å². The van der Waals surface area contributed by atoms with Gasteiger partial charge in [-0.25, -0.2) is 0 Å². The minimum atomic E-state index is -0.333. The molecule has 5 nitrogen and oxygen atoms in total. The smallest absolute Gasteiger partial charge is 0.257 e. The second kappa shape index (κ2) is 7.26. The average molecular weight is 411 g/mol. The van der Waals surface area contributed by atoms with E-state index in [0.29, 0.717) is 26.8 Å². The van der Waals surface area contributed by atoms with E-state index in [9.17, 15) is 4.79 Å². The van der Waals surface area contributed by atoms with E-state index in [1.165, 1.54) is 5.56 Å². The molecule has 0 atom stereocenters. The van der Waals surface area contributed by atoms with Crippen molar-refractivity contribution in [2.45, 2.75) is 13.8 Å². The van der Waals surface area contributed by atoms with Crippen molar-refractivity contribution in [2.24, 2.45) is 0 Å². The summed E-state index contributed by atoms with van der Waals surface area (Å²) in [5.74, 6) is -0.333. The monoisotopic (exact) mass is 410 g/mol. The normalized spacial score (nSPS) is 11.0. The van der Waals surface area contributed by atoms with E-state index >= 15 is 0 Å². The number of halogens is 2. The van der Waals surface area contributed by atoms with Crippen LogP contribution < -0.4 is 5.32 Å². The number of hydrogen-bond donors (Lipinski definition) is 1. The lowest BCUT2D eigenvalue weighted by Crippen LogP contribution is -2.13. The number of amides is 1. The number of hydrogen-bond acceptors (Lipinski definition) is 3. The standard InChI is InChI=1S/C21H16Cl2N4O/c1-12-3-6-15(7-4-12)27-25-19-9-13(2)18(11-20(19)26-27)24-21(28)16-10-14(22)5-8-17(16)23/h3-11H,1-2H3,(H,24,28). The molecule has 0 unspecified atom stereocenters. The maximum absolute atomic E-state index is 12.6. The zero-order valence-electron chi connectivity index (χ0n) is 15.2. The molecule has 1 aromatic heterocycles. The van der Waals surface area contributed by atoms with Gasteiger partial charge in [-0.1, -0.05) is 40.9 Å². The number of aromatic nitrogens is 3. The molecule has 0 saturated heterocycles. The second-order valence-electron chi connectivity index (χ2n) is 6.56. The van der Waals surface area contributed by atoms with E-state index in [0.717, 1.165) is 16.8 Å². The first kappa shape index (κ1) is 18.5. The summed E-state index contributed by atoms with van der Waals surface area (Å²) < 4.78 is 0. The summed E-state index contributed by atoms with van der Waals surface area (Å²) in [5.41, 5.74) is 5.30. The van der Waals surface area contributed by atoms with Crippen LogP contribution in [0.5, 0.6) is 0 Å². The van der Waals surface area contributed by atoms with Crippen molar-refractivity contribution in [1.82, 2.24) is 15.0 Å². The zero-order chi connectivity index (χ0) is 19.8. The number of rotatable bonds is 3. The summed E-state index contributed by atoms with van der Waals surface area (Å²) in [6.45, 7) is 3.93. The molecular weight excluding hydrogens is 395 g/mol. The van der Waals surface area contributed by atoms with Crippen LogP contribution in [0.1, 0.15) is 21.5 Å². The van der Waals surface area contributed by atoms with Crippen LogP contribution in [0.15, 0.2) is 54.6 Å². The van der Waals surface area contributed by atoms with Crippen LogP contribution >= 0.6 is 23.2 Å². The number of carbonyl (C=O) groups excluding carboxylic acids is 1. The van der Waals surface area contributed by atoms with Gasteiger partial charge in [-0.2, -0.15) is 4.80 Å². The molecule has 0 spiro atoms. The van der Waals surface area contributed by atoms with E-state index < -0.39 is 0 Å². The SMILES string of the molecule is Cc1ccc(-n2nc3cc(C)c(NC(=O)c4cc(Cl)ccc4Cl)cc3n2)cc1. The van der Waals surface area contributed by atoms with Gasteiger partial charge >= 0.3 is 0 Å². The minimum Gasteiger partial charge on any atom is -0.322 e. The Hall–Kier alpha value is -2.89. The van der Waals surface area contributed by atoms with Crippen LogP contribution in [0.2, 0.25) is 10.0 Å². The number of benzene rings is 3. The maximum atomic E-state index is 12.6. The van der Waals surface area contributed by atoms with Crippen LogP contribution in [0.3, 0.4) is 0 Å². The summed E-state index contributed by atoms with van der Waals surface area (Å²) in [6.07, 6.45) is 0. The predicted octanol–water partition coefficient (Wildman–Crippen LogP) is 5.60. The Bertz CT molecular complexity index is 1200. The molecule has 4 rings (SSSR count). The van der Waals surface area contributed by atoms with Gasteiger partial charge in [-0.3, -0.25) is 4.79 Å². The van der Waals surface area contributed by atoms with Crippen molar-refractivity contribution in [3.63, 3.8) is 0 Å². The molecule has 0 radical (unpaired) electrons. The fourth-order valence-corrected chi connectivity index (χ4v) is 3.23. The maximum Gasteiger partial charge on any atom is 0.257 e. The van der Waals surface area contributed by atoms with E-state index in [1.807, 2.05) is 44.2 Å². The molecule has 1 amide bonds. The summed E-state index contributed by atoms with van der Waals surface area (Å²) in [6, 6.07) is 16.4. The van der Waals surface area contributed by atoms with Crippen molar-refractivity contribution >= 4 is 45.8 Å². The molecule has 0 bridgehead atoms. The highest BCUT2D eigenvalue weighted by molar-refractivity contribution is 6.36. The number of nitrogens with zero attached hydrogens (tertiary/aromatic N) is 3. The lowest BCUT2D eigenvalue weighted by atomic mass is 10.1. The third kappa shape index (κ3) is 3.59.